The van der Waals surface area contributed by atoms with Crippen molar-refractivity contribution in [3.63, 3.8) is 0 Å². The molecule has 0 saturated carbocycles. The lowest BCUT2D eigenvalue weighted by molar-refractivity contribution is 0.531. The Bertz CT molecular complexity index is 461. The van der Waals surface area contributed by atoms with E-state index in [0.29, 0.717) is 5.92 Å². The Labute approximate surface area is 133 Å². The van der Waals surface area contributed by atoms with Crippen LogP contribution in [-0.4, -0.2) is 0 Å². The van der Waals surface area contributed by atoms with Crippen LogP contribution in [0.2, 0.25) is 0 Å². The average molecular weight is 289 g/mol. The van der Waals surface area contributed by atoms with E-state index in [1.165, 1.54) is 16.7 Å². The van der Waals surface area contributed by atoms with E-state index >= 15 is 0 Å². The molecule has 0 heteroatoms. The fourth-order valence-corrected chi connectivity index (χ4v) is 2.95. The Hall–Kier alpha value is -0.780. The number of rotatable bonds is 1. The molecular weight excluding hydrogens is 252 g/mol. The summed E-state index contributed by atoms with van der Waals surface area (Å²) >= 11 is 0. The van der Waals surface area contributed by atoms with Crippen LogP contribution in [0.4, 0.5) is 0 Å². The highest BCUT2D eigenvalue weighted by Crippen LogP contribution is 2.41. The molecule has 0 aromatic heterocycles. The normalized spacial score (nSPS) is 13.9. The maximum absolute atomic E-state index is 2.46. The van der Waals surface area contributed by atoms with Crippen molar-refractivity contribution in [2.75, 3.05) is 0 Å². The Balaban J connectivity index is 3.85. The quantitative estimate of drug-likeness (QED) is 0.539. The molecule has 1 aromatic rings. The molecule has 0 saturated heterocycles. The summed E-state index contributed by atoms with van der Waals surface area (Å²) in [5.74, 6) is 0.558. The van der Waals surface area contributed by atoms with E-state index in [-0.39, 0.29) is 16.2 Å². The molecule has 0 unspecified atom stereocenters. The zero-order chi connectivity index (χ0) is 16.8. The minimum Gasteiger partial charge on any atom is -0.0587 e. The number of hydrogen-bond acceptors (Lipinski definition) is 0. The van der Waals surface area contributed by atoms with Gasteiger partial charge < -0.3 is 0 Å². The molecule has 1 aromatic carbocycles. The van der Waals surface area contributed by atoms with Crippen LogP contribution < -0.4 is 0 Å². The molecule has 0 heterocycles. The first kappa shape index (κ1) is 18.3. The van der Waals surface area contributed by atoms with Gasteiger partial charge in [0, 0.05) is 0 Å². The first-order chi connectivity index (χ1) is 9.15. The lowest BCUT2D eigenvalue weighted by atomic mass is 9.70. The van der Waals surface area contributed by atoms with Crippen LogP contribution in [0.5, 0.6) is 0 Å². The van der Waals surface area contributed by atoms with E-state index in [4.69, 9.17) is 0 Å². The van der Waals surface area contributed by atoms with E-state index < -0.39 is 0 Å². The molecule has 0 spiro atoms. The molecule has 0 fully saturated rings. The summed E-state index contributed by atoms with van der Waals surface area (Å²) in [6.45, 7) is 25.6. The highest BCUT2D eigenvalue weighted by molar-refractivity contribution is 5.49. The van der Waals surface area contributed by atoms with Crippen LogP contribution >= 0.6 is 0 Å². The lowest BCUT2D eigenvalue weighted by Crippen LogP contribution is -2.24. The molecule has 0 nitrogen and oxygen atoms in total. The van der Waals surface area contributed by atoms with Crippen LogP contribution in [0, 0.1) is 0 Å². The van der Waals surface area contributed by atoms with Gasteiger partial charge in [0.1, 0.15) is 0 Å². The van der Waals surface area contributed by atoms with Gasteiger partial charge in [-0.05, 0) is 44.4 Å². The summed E-state index contributed by atoms with van der Waals surface area (Å²) in [5.41, 5.74) is 6.62. The van der Waals surface area contributed by atoms with Gasteiger partial charge in [-0.25, -0.2) is 0 Å². The minimum absolute atomic E-state index is 0.181. The summed E-state index contributed by atoms with van der Waals surface area (Å²) in [5, 5.41) is 0. The van der Waals surface area contributed by atoms with E-state index in [9.17, 15) is 0 Å². The smallest absolute Gasteiger partial charge is 0.0129 e. The third kappa shape index (κ3) is 4.11. The molecule has 0 amide bonds. The SMILES string of the molecule is CC(C)c1c(C(C)(C)C)cc(C(C)(C)C)cc1C(C)(C)C. The molecule has 0 radical (unpaired) electrons. The van der Waals surface area contributed by atoms with E-state index in [2.05, 4.69) is 88.3 Å². The third-order valence-electron chi connectivity index (χ3n) is 4.24. The summed E-state index contributed by atoms with van der Waals surface area (Å²) in [6.07, 6.45) is 0. The van der Waals surface area contributed by atoms with Gasteiger partial charge in [0.05, 0.1) is 0 Å². The predicted octanol–water partition coefficient (Wildman–Crippen LogP) is 6.70. The molecule has 0 atom stereocenters. The molecule has 0 aliphatic rings. The van der Waals surface area contributed by atoms with Gasteiger partial charge in [-0.15, -0.1) is 0 Å². The second-order valence-electron chi connectivity index (χ2n) is 9.89. The Morgan fingerprint density at radius 3 is 1.14 bits per heavy atom. The van der Waals surface area contributed by atoms with E-state index in [1.54, 1.807) is 5.56 Å². The summed E-state index contributed by atoms with van der Waals surface area (Å²) < 4.78 is 0. The van der Waals surface area contributed by atoms with Gasteiger partial charge in [-0.1, -0.05) is 88.3 Å². The maximum Gasteiger partial charge on any atom is -0.0129 e. The Kier molecular flexibility index (Phi) is 4.74. The zero-order valence-corrected chi connectivity index (χ0v) is 16.2. The molecule has 0 aliphatic heterocycles. The molecule has 0 N–H and O–H groups in total. The van der Waals surface area contributed by atoms with Gasteiger partial charge >= 0.3 is 0 Å². The minimum atomic E-state index is 0.181. The Morgan fingerprint density at radius 2 is 0.952 bits per heavy atom. The number of benzene rings is 1. The van der Waals surface area contributed by atoms with Crippen molar-refractivity contribution in [1.29, 1.82) is 0 Å². The second-order valence-corrected chi connectivity index (χ2v) is 9.89. The van der Waals surface area contributed by atoms with E-state index in [0.717, 1.165) is 0 Å². The first-order valence-electron chi connectivity index (χ1n) is 8.35. The highest BCUT2D eigenvalue weighted by Gasteiger charge is 2.29. The first-order valence-corrected chi connectivity index (χ1v) is 8.35. The van der Waals surface area contributed by atoms with Crippen molar-refractivity contribution in [3.8, 4) is 0 Å². The average Bonchev–Trinajstić information content (AvgIpc) is 2.23. The predicted molar refractivity (Wildman–Crippen MR) is 96.6 cm³/mol. The highest BCUT2D eigenvalue weighted by atomic mass is 14.3. The van der Waals surface area contributed by atoms with Crippen LogP contribution in [0.15, 0.2) is 12.1 Å². The zero-order valence-electron chi connectivity index (χ0n) is 16.2. The van der Waals surface area contributed by atoms with Crippen molar-refractivity contribution < 1.29 is 0 Å². The molecule has 21 heavy (non-hydrogen) atoms. The molecule has 0 bridgehead atoms. The van der Waals surface area contributed by atoms with Crippen molar-refractivity contribution in [2.24, 2.45) is 0 Å². The van der Waals surface area contributed by atoms with Gasteiger partial charge in [0.15, 0.2) is 0 Å². The molecule has 0 aliphatic carbocycles. The van der Waals surface area contributed by atoms with Gasteiger partial charge in [0.25, 0.3) is 0 Å². The largest absolute Gasteiger partial charge is 0.0587 e. The van der Waals surface area contributed by atoms with Crippen molar-refractivity contribution in [2.45, 2.75) is 98.3 Å². The van der Waals surface area contributed by atoms with Crippen LogP contribution in [0.3, 0.4) is 0 Å². The van der Waals surface area contributed by atoms with Gasteiger partial charge in [-0.2, -0.15) is 0 Å². The molecular formula is C21H36. The van der Waals surface area contributed by atoms with Gasteiger partial charge in [0.2, 0.25) is 0 Å². The van der Waals surface area contributed by atoms with Crippen molar-refractivity contribution >= 4 is 0 Å². The Morgan fingerprint density at radius 1 is 0.619 bits per heavy atom. The number of hydrogen-bond donors (Lipinski definition) is 0. The molecule has 1 rings (SSSR count). The lowest BCUT2D eigenvalue weighted by Gasteiger charge is -2.35. The third-order valence-corrected chi connectivity index (χ3v) is 4.24. The summed E-state index contributed by atoms with van der Waals surface area (Å²) in [6, 6.07) is 4.93. The van der Waals surface area contributed by atoms with Crippen molar-refractivity contribution in [1.82, 2.24) is 0 Å². The standard InChI is InChI=1S/C21H36/c1-14(2)18-16(20(6,7)8)12-15(19(3,4)5)13-17(18)21(9,10)11/h12-14H,1-11H3. The van der Waals surface area contributed by atoms with E-state index in [1.807, 2.05) is 0 Å². The van der Waals surface area contributed by atoms with Crippen LogP contribution in [-0.2, 0) is 16.2 Å². The maximum atomic E-state index is 2.46. The summed E-state index contributed by atoms with van der Waals surface area (Å²) in [4.78, 5) is 0. The monoisotopic (exact) mass is 288 g/mol. The summed E-state index contributed by atoms with van der Waals surface area (Å²) in [7, 11) is 0. The topological polar surface area (TPSA) is 0 Å². The van der Waals surface area contributed by atoms with Crippen molar-refractivity contribution in [3.05, 3.63) is 34.4 Å². The van der Waals surface area contributed by atoms with Crippen LogP contribution in [0.1, 0.15) is 104 Å². The fourth-order valence-electron chi connectivity index (χ4n) is 2.95. The molecule has 120 valence electrons. The second kappa shape index (κ2) is 5.45. The van der Waals surface area contributed by atoms with Gasteiger partial charge in [-0.3, -0.25) is 0 Å². The van der Waals surface area contributed by atoms with Crippen LogP contribution in [0.25, 0.3) is 0 Å². The fraction of sp³-hybridized carbons (Fsp3) is 0.714.